The molecular weight excluding hydrogens is 506 g/mol. The van der Waals surface area contributed by atoms with Gasteiger partial charge in [-0.25, -0.2) is 0 Å². The molecule has 8 heteroatoms. The Balaban J connectivity index is 1.83. The van der Waals surface area contributed by atoms with E-state index in [2.05, 4.69) is 27.3 Å². The first kappa shape index (κ1) is 23.9. The Morgan fingerprint density at radius 1 is 1.15 bits per heavy atom. The molecule has 3 rings (SSSR count). The molecule has 164 valence electrons. The third kappa shape index (κ3) is 6.14. The largest absolute Gasteiger partial charge is 0.493 e. The predicted molar refractivity (Wildman–Crippen MR) is 130 cm³/mol. The van der Waals surface area contributed by atoms with E-state index in [1.807, 2.05) is 12.1 Å². The number of anilines is 1. The zero-order chi connectivity index (χ0) is 23.8. The number of amides is 1. The average Bonchev–Trinajstić information content (AvgIpc) is 2.83. The molecule has 0 aliphatic rings. The quantitative estimate of drug-likeness (QED) is 0.298. The summed E-state index contributed by atoms with van der Waals surface area (Å²) < 4.78 is 12.1. The SMILES string of the molecule is COc1cc(/C=C(/C#N)C(=O)Nc2ccc(Br)cc2)cc(Cl)c1OCc1ccccc1C#N. The van der Waals surface area contributed by atoms with Crippen LogP contribution in [0.1, 0.15) is 16.7 Å². The molecule has 3 aromatic rings. The Morgan fingerprint density at radius 3 is 2.55 bits per heavy atom. The second kappa shape index (κ2) is 11.2. The van der Waals surface area contributed by atoms with Crippen LogP contribution >= 0.6 is 27.5 Å². The van der Waals surface area contributed by atoms with Crippen molar-refractivity contribution < 1.29 is 14.3 Å². The lowest BCUT2D eigenvalue weighted by Gasteiger charge is -2.14. The van der Waals surface area contributed by atoms with E-state index < -0.39 is 5.91 Å². The first-order valence-corrected chi connectivity index (χ1v) is 10.8. The lowest BCUT2D eigenvalue weighted by molar-refractivity contribution is -0.112. The van der Waals surface area contributed by atoms with Crippen molar-refractivity contribution in [1.29, 1.82) is 10.5 Å². The molecule has 0 saturated carbocycles. The molecule has 0 aromatic heterocycles. The molecule has 33 heavy (non-hydrogen) atoms. The topological polar surface area (TPSA) is 95.1 Å². The minimum Gasteiger partial charge on any atom is -0.493 e. The summed E-state index contributed by atoms with van der Waals surface area (Å²) in [6.45, 7) is 0.119. The van der Waals surface area contributed by atoms with Gasteiger partial charge in [0.15, 0.2) is 11.5 Å². The van der Waals surface area contributed by atoms with Crippen molar-refractivity contribution in [3.63, 3.8) is 0 Å². The molecule has 1 N–H and O–H groups in total. The van der Waals surface area contributed by atoms with Gasteiger partial charge in [-0.15, -0.1) is 0 Å². The monoisotopic (exact) mass is 521 g/mol. The van der Waals surface area contributed by atoms with Gasteiger partial charge in [-0.05, 0) is 54.1 Å². The Bertz CT molecular complexity index is 1290. The van der Waals surface area contributed by atoms with Gasteiger partial charge in [0.05, 0.1) is 23.8 Å². The number of hydrogen-bond acceptors (Lipinski definition) is 5. The molecule has 0 atom stereocenters. The van der Waals surface area contributed by atoms with Gasteiger partial charge < -0.3 is 14.8 Å². The highest BCUT2D eigenvalue weighted by Crippen LogP contribution is 2.37. The maximum Gasteiger partial charge on any atom is 0.266 e. The fourth-order valence-corrected chi connectivity index (χ4v) is 3.45. The second-order valence-electron chi connectivity index (χ2n) is 6.72. The average molecular weight is 523 g/mol. The molecule has 0 unspecified atom stereocenters. The van der Waals surface area contributed by atoms with Crippen LogP contribution in [0.4, 0.5) is 5.69 Å². The fourth-order valence-electron chi connectivity index (χ4n) is 2.92. The standard InChI is InChI=1S/C25H17BrClN3O3/c1-32-23-12-16(10-19(14-29)25(31)30-21-8-6-20(26)7-9-21)11-22(27)24(23)33-15-18-5-3-2-4-17(18)13-28/h2-12H,15H2,1H3,(H,30,31)/b19-10-. The van der Waals surface area contributed by atoms with E-state index in [0.717, 1.165) is 4.47 Å². The van der Waals surface area contributed by atoms with Crippen LogP contribution in [0.15, 0.2) is 70.7 Å². The minimum absolute atomic E-state index is 0.104. The van der Waals surface area contributed by atoms with Gasteiger partial charge in [-0.2, -0.15) is 10.5 Å². The number of carbonyl (C=O) groups excluding carboxylic acids is 1. The van der Waals surface area contributed by atoms with Crippen LogP contribution < -0.4 is 14.8 Å². The van der Waals surface area contributed by atoms with Crippen molar-refractivity contribution in [3.05, 3.63) is 92.4 Å². The number of halogens is 2. The summed E-state index contributed by atoms with van der Waals surface area (Å²) in [5.41, 5.74) is 2.15. The van der Waals surface area contributed by atoms with Gasteiger partial charge in [-0.1, -0.05) is 45.7 Å². The number of carbonyl (C=O) groups is 1. The molecule has 0 radical (unpaired) electrons. The minimum atomic E-state index is -0.552. The van der Waals surface area contributed by atoms with Crippen molar-refractivity contribution >= 4 is 45.2 Å². The molecule has 0 bridgehead atoms. The van der Waals surface area contributed by atoms with Crippen LogP contribution in [0.3, 0.4) is 0 Å². The Morgan fingerprint density at radius 2 is 1.88 bits per heavy atom. The highest BCUT2D eigenvalue weighted by molar-refractivity contribution is 9.10. The summed E-state index contributed by atoms with van der Waals surface area (Å²) in [5.74, 6) is 0.0685. The lowest BCUT2D eigenvalue weighted by atomic mass is 10.1. The maximum atomic E-state index is 12.5. The number of nitrogens with zero attached hydrogens (tertiary/aromatic N) is 2. The molecule has 0 saturated heterocycles. The summed E-state index contributed by atoms with van der Waals surface area (Å²) in [6, 6.07) is 21.3. The molecule has 0 aliphatic carbocycles. The van der Waals surface area contributed by atoms with Crippen LogP contribution in [0, 0.1) is 22.7 Å². The molecule has 0 spiro atoms. The van der Waals surface area contributed by atoms with E-state index >= 15 is 0 Å². The number of nitriles is 2. The highest BCUT2D eigenvalue weighted by atomic mass is 79.9. The lowest BCUT2D eigenvalue weighted by Crippen LogP contribution is -2.13. The first-order valence-electron chi connectivity index (χ1n) is 9.62. The van der Waals surface area contributed by atoms with E-state index in [4.69, 9.17) is 21.1 Å². The van der Waals surface area contributed by atoms with E-state index in [0.29, 0.717) is 33.9 Å². The van der Waals surface area contributed by atoms with Gasteiger partial charge in [0, 0.05) is 15.7 Å². The van der Waals surface area contributed by atoms with E-state index in [1.165, 1.54) is 13.2 Å². The van der Waals surface area contributed by atoms with Crippen molar-refractivity contribution in [2.45, 2.75) is 6.61 Å². The molecule has 6 nitrogen and oxygen atoms in total. The smallest absolute Gasteiger partial charge is 0.266 e. The number of methoxy groups -OCH3 is 1. The van der Waals surface area contributed by atoms with Crippen LogP contribution in [0.25, 0.3) is 6.08 Å². The van der Waals surface area contributed by atoms with Gasteiger partial charge in [-0.3, -0.25) is 4.79 Å². The van der Waals surface area contributed by atoms with Gasteiger partial charge >= 0.3 is 0 Å². The summed E-state index contributed by atoms with van der Waals surface area (Å²) in [7, 11) is 1.46. The van der Waals surface area contributed by atoms with Crippen LogP contribution in [0.5, 0.6) is 11.5 Å². The number of hydrogen-bond donors (Lipinski definition) is 1. The fraction of sp³-hybridized carbons (Fsp3) is 0.0800. The highest BCUT2D eigenvalue weighted by Gasteiger charge is 2.15. The molecule has 1 amide bonds. The van der Waals surface area contributed by atoms with Crippen molar-refractivity contribution in [1.82, 2.24) is 0 Å². The predicted octanol–water partition coefficient (Wildman–Crippen LogP) is 6.11. The van der Waals surface area contributed by atoms with Crippen LogP contribution in [-0.2, 0) is 11.4 Å². The zero-order valence-corrected chi connectivity index (χ0v) is 19.8. The second-order valence-corrected chi connectivity index (χ2v) is 8.05. The number of nitrogens with one attached hydrogen (secondary N) is 1. The molecule has 3 aromatic carbocycles. The maximum absolute atomic E-state index is 12.5. The Labute approximate surface area is 204 Å². The van der Waals surface area contributed by atoms with Crippen molar-refractivity contribution in [2.75, 3.05) is 12.4 Å². The summed E-state index contributed by atoms with van der Waals surface area (Å²) in [6.07, 6.45) is 1.41. The normalized spacial score (nSPS) is 10.6. The molecule has 0 aliphatic heterocycles. The third-order valence-corrected chi connectivity index (χ3v) is 5.35. The zero-order valence-electron chi connectivity index (χ0n) is 17.4. The first-order chi connectivity index (χ1) is 15.9. The van der Waals surface area contributed by atoms with Gasteiger partial charge in [0.25, 0.3) is 5.91 Å². The van der Waals surface area contributed by atoms with Crippen LogP contribution in [0.2, 0.25) is 5.02 Å². The summed E-state index contributed by atoms with van der Waals surface area (Å²) >= 11 is 9.75. The Kier molecular flexibility index (Phi) is 8.10. The van der Waals surface area contributed by atoms with E-state index in [-0.39, 0.29) is 17.2 Å². The van der Waals surface area contributed by atoms with E-state index in [1.54, 1.807) is 54.6 Å². The summed E-state index contributed by atoms with van der Waals surface area (Å²) in [5, 5.41) is 21.6. The Hall–Kier alpha value is -3.78. The van der Waals surface area contributed by atoms with Crippen molar-refractivity contribution in [2.24, 2.45) is 0 Å². The summed E-state index contributed by atoms with van der Waals surface area (Å²) in [4.78, 5) is 12.5. The third-order valence-electron chi connectivity index (χ3n) is 4.54. The molecule has 0 heterocycles. The van der Waals surface area contributed by atoms with Crippen LogP contribution in [-0.4, -0.2) is 13.0 Å². The number of rotatable bonds is 7. The molecular formula is C25H17BrClN3O3. The number of ether oxygens (including phenoxy) is 2. The number of benzene rings is 3. The molecule has 0 fully saturated rings. The van der Waals surface area contributed by atoms with Gasteiger partial charge in [0.2, 0.25) is 0 Å². The van der Waals surface area contributed by atoms with Crippen molar-refractivity contribution in [3.8, 4) is 23.6 Å². The van der Waals surface area contributed by atoms with Gasteiger partial charge in [0.1, 0.15) is 18.2 Å². The van der Waals surface area contributed by atoms with E-state index in [9.17, 15) is 15.3 Å².